The lowest BCUT2D eigenvalue weighted by Gasteiger charge is -2.17. The number of carbonyl (C=O) groups excluding carboxylic acids is 1. The molecule has 0 fully saturated rings. The maximum absolute atomic E-state index is 13.4. The first-order chi connectivity index (χ1) is 18.6. The number of rotatable bonds is 10. The SMILES string of the molecule is COP(=O)(/C=C(\C)c1cc(Cl)c(C(=O)N[C@@H](Cc2cccc(S(C)(=O)=O)c2)C(=O)O)c(Cl)c1)c1cccc(O)c1. The molecule has 40 heavy (non-hydrogen) atoms. The molecule has 0 aromatic heterocycles. The van der Waals surface area contributed by atoms with Crippen LogP contribution in [0.3, 0.4) is 0 Å². The van der Waals surface area contributed by atoms with Gasteiger partial charge in [-0.2, -0.15) is 0 Å². The molecular formula is C27H26Cl2NO8PS. The molecule has 0 radical (unpaired) electrons. The summed E-state index contributed by atoms with van der Waals surface area (Å²) in [7, 11) is -5.77. The van der Waals surface area contributed by atoms with E-state index in [1.807, 2.05) is 0 Å². The second kappa shape index (κ2) is 12.6. The molecule has 0 heterocycles. The van der Waals surface area contributed by atoms with Gasteiger partial charge in [-0.25, -0.2) is 13.2 Å². The molecule has 0 saturated heterocycles. The Morgan fingerprint density at radius 2 is 1.70 bits per heavy atom. The lowest BCUT2D eigenvalue weighted by Crippen LogP contribution is -2.42. The van der Waals surface area contributed by atoms with Crippen LogP contribution in [0.2, 0.25) is 10.0 Å². The summed E-state index contributed by atoms with van der Waals surface area (Å²) in [6.45, 7) is 1.64. The predicted molar refractivity (Wildman–Crippen MR) is 155 cm³/mol. The van der Waals surface area contributed by atoms with Gasteiger partial charge in [0, 0.05) is 30.9 Å². The van der Waals surface area contributed by atoms with E-state index in [1.165, 1.54) is 61.5 Å². The molecule has 3 aromatic carbocycles. The fraction of sp³-hybridized carbons (Fsp3) is 0.185. The number of aromatic hydroxyl groups is 1. The number of phenols is 1. The fourth-order valence-corrected chi connectivity index (χ4v) is 6.92. The van der Waals surface area contributed by atoms with E-state index >= 15 is 0 Å². The highest BCUT2D eigenvalue weighted by atomic mass is 35.5. The van der Waals surface area contributed by atoms with E-state index in [2.05, 4.69) is 5.32 Å². The van der Waals surface area contributed by atoms with Crippen molar-refractivity contribution in [2.45, 2.75) is 24.3 Å². The van der Waals surface area contributed by atoms with Crippen LogP contribution in [-0.4, -0.2) is 49.9 Å². The molecule has 9 nitrogen and oxygen atoms in total. The maximum Gasteiger partial charge on any atom is 0.326 e. The Balaban J connectivity index is 1.88. The number of hydrogen-bond donors (Lipinski definition) is 3. The number of nitrogens with one attached hydrogen (secondary N) is 1. The first-order valence-corrected chi connectivity index (χ1v) is 16.0. The Morgan fingerprint density at radius 3 is 2.25 bits per heavy atom. The Hall–Kier alpha value is -3.14. The molecule has 3 N–H and O–H groups in total. The maximum atomic E-state index is 13.4. The van der Waals surface area contributed by atoms with Crippen LogP contribution in [-0.2, 0) is 30.1 Å². The average molecular weight is 626 g/mol. The van der Waals surface area contributed by atoms with Gasteiger partial charge in [-0.3, -0.25) is 9.36 Å². The highest BCUT2D eigenvalue weighted by Gasteiger charge is 2.26. The Bertz CT molecular complexity index is 1630. The van der Waals surface area contributed by atoms with Crippen molar-refractivity contribution in [3.8, 4) is 5.75 Å². The van der Waals surface area contributed by atoms with E-state index in [-0.39, 0.29) is 38.0 Å². The normalized spacial score (nSPS) is 14.3. The van der Waals surface area contributed by atoms with Crippen molar-refractivity contribution in [2.75, 3.05) is 13.4 Å². The van der Waals surface area contributed by atoms with Crippen molar-refractivity contribution >= 4 is 63.2 Å². The monoisotopic (exact) mass is 625 g/mol. The number of amides is 1. The molecule has 0 saturated carbocycles. The lowest BCUT2D eigenvalue weighted by molar-refractivity contribution is -0.139. The topological polar surface area (TPSA) is 147 Å². The summed E-state index contributed by atoms with van der Waals surface area (Å²) in [6, 6.07) is 13.0. The summed E-state index contributed by atoms with van der Waals surface area (Å²) in [5.41, 5.74) is 1.10. The lowest BCUT2D eigenvalue weighted by atomic mass is 10.0. The van der Waals surface area contributed by atoms with Crippen molar-refractivity contribution in [1.29, 1.82) is 0 Å². The number of sulfone groups is 1. The highest BCUT2D eigenvalue weighted by Crippen LogP contribution is 2.49. The van der Waals surface area contributed by atoms with E-state index < -0.39 is 35.1 Å². The van der Waals surface area contributed by atoms with Crippen LogP contribution in [0.4, 0.5) is 0 Å². The van der Waals surface area contributed by atoms with Crippen molar-refractivity contribution in [2.24, 2.45) is 0 Å². The third-order valence-electron chi connectivity index (χ3n) is 5.92. The van der Waals surface area contributed by atoms with E-state index in [9.17, 15) is 32.8 Å². The molecule has 3 aromatic rings. The smallest absolute Gasteiger partial charge is 0.326 e. The van der Waals surface area contributed by atoms with Crippen molar-refractivity contribution in [3.05, 3.63) is 93.2 Å². The van der Waals surface area contributed by atoms with Gasteiger partial charge in [-0.05, 0) is 66.1 Å². The molecule has 212 valence electrons. The average Bonchev–Trinajstić information content (AvgIpc) is 2.87. The van der Waals surface area contributed by atoms with Crippen LogP contribution in [0.5, 0.6) is 5.75 Å². The number of benzene rings is 3. The largest absolute Gasteiger partial charge is 0.508 e. The number of carboxylic acid groups (broad SMARTS) is 1. The summed E-state index contributed by atoms with van der Waals surface area (Å²) >= 11 is 12.8. The van der Waals surface area contributed by atoms with E-state index in [0.29, 0.717) is 16.7 Å². The quantitative estimate of drug-likeness (QED) is 0.262. The van der Waals surface area contributed by atoms with Gasteiger partial charge in [0.2, 0.25) is 0 Å². The number of phenolic OH excluding ortho intramolecular Hbond substituents is 1. The Morgan fingerprint density at radius 1 is 1.07 bits per heavy atom. The molecule has 2 atom stereocenters. The van der Waals surface area contributed by atoms with Gasteiger partial charge in [-0.1, -0.05) is 41.4 Å². The first kappa shape index (κ1) is 31.4. The molecule has 0 spiro atoms. The molecule has 0 aliphatic heterocycles. The van der Waals surface area contributed by atoms with Gasteiger partial charge in [0.1, 0.15) is 11.8 Å². The number of halogens is 2. The zero-order chi connectivity index (χ0) is 29.8. The number of aliphatic carboxylic acids is 1. The van der Waals surface area contributed by atoms with Crippen LogP contribution in [0.15, 0.2) is 71.4 Å². The van der Waals surface area contributed by atoms with Crippen LogP contribution < -0.4 is 10.6 Å². The molecule has 1 amide bonds. The van der Waals surface area contributed by atoms with Crippen molar-refractivity contribution in [3.63, 3.8) is 0 Å². The molecule has 0 aliphatic carbocycles. The van der Waals surface area contributed by atoms with Crippen LogP contribution in [0.1, 0.15) is 28.4 Å². The van der Waals surface area contributed by atoms with Gasteiger partial charge < -0.3 is 20.1 Å². The molecule has 1 unspecified atom stereocenters. The summed E-state index contributed by atoms with van der Waals surface area (Å²) in [6.07, 6.45) is 0.842. The zero-order valence-corrected chi connectivity index (χ0v) is 24.8. The summed E-state index contributed by atoms with van der Waals surface area (Å²) < 4.78 is 42.4. The predicted octanol–water partition coefficient (Wildman–Crippen LogP) is 5.14. The molecular weight excluding hydrogens is 600 g/mol. The minimum Gasteiger partial charge on any atom is -0.508 e. The van der Waals surface area contributed by atoms with Gasteiger partial charge in [0.05, 0.1) is 20.5 Å². The summed E-state index contributed by atoms with van der Waals surface area (Å²) in [5.74, 6) is -0.889. The van der Waals surface area contributed by atoms with Gasteiger partial charge in [0.15, 0.2) is 9.84 Å². The van der Waals surface area contributed by atoms with Gasteiger partial charge in [0.25, 0.3) is 13.3 Å². The number of hydrogen-bond acceptors (Lipinski definition) is 7. The second-order valence-corrected chi connectivity index (χ2v) is 14.1. The highest BCUT2D eigenvalue weighted by molar-refractivity contribution is 7.90. The first-order valence-electron chi connectivity index (χ1n) is 11.6. The van der Waals surface area contributed by atoms with E-state index in [0.717, 1.165) is 6.26 Å². The standard InChI is InChI=1S/C27H26Cl2NO8PS/c1-16(15-39(35,38-2)20-8-5-7-19(31)14-20)18-12-22(28)25(23(29)13-18)26(32)30-24(27(33)34)11-17-6-4-9-21(10-17)40(3,36)37/h4-10,12-15,24,31H,11H2,1-3H3,(H,30,32)(H,33,34)/b16-15+/t24-,39?/m0/s1. The fourth-order valence-electron chi connectivity index (χ4n) is 3.84. The van der Waals surface area contributed by atoms with Gasteiger partial charge in [-0.15, -0.1) is 0 Å². The number of carbonyl (C=O) groups is 2. The Labute approximate surface area is 241 Å². The van der Waals surface area contributed by atoms with Crippen LogP contribution in [0, 0.1) is 0 Å². The van der Waals surface area contributed by atoms with Gasteiger partial charge >= 0.3 is 5.97 Å². The summed E-state index contributed by atoms with van der Waals surface area (Å²) in [5, 5.41) is 22.0. The van der Waals surface area contributed by atoms with Crippen molar-refractivity contribution in [1.82, 2.24) is 5.32 Å². The second-order valence-electron chi connectivity index (χ2n) is 8.91. The van der Waals surface area contributed by atoms with Crippen molar-refractivity contribution < 1.29 is 37.3 Å². The molecule has 0 bridgehead atoms. The molecule has 13 heteroatoms. The van der Waals surface area contributed by atoms with Crippen LogP contribution in [0.25, 0.3) is 5.57 Å². The zero-order valence-electron chi connectivity index (χ0n) is 21.6. The molecule has 0 aliphatic rings. The Kier molecular flexibility index (Phi) is 9.87. The van der Waals surface area contributed by atoms with E-state index in [1.54, 1.807) is 19.1 Å². The summed E-state index contributed by atoms with van der Waals surface area (Å²) in [4.78, 5) is 25.0. The molecule has 3 rings (SSSR count). The minimum atomic E-state index is -3.53. The number of allylic oxidation sites excluding steroid dienone is 1. The van der Waals surface area contributed by atoms with E-state index in [4.69, 9.17) is 27.7 Å². The third kappa shape index (κ3) is 7.53. The number of carboxylic acids is 1. The van der Waals surface area contributed by atoms with Crippen LogP contribution >= 0.6 is 30.6 Å². The third-order valence-corrected chi connectivity index (χ3v) is 9.89. The minimum absolute atomic E-state index is 0.0210.